The number of carbonyl (C=O) groups is 2. The summed E-state index contributed by atoms with van der Waals surface area (Å²) in [4.78, 5) is 30.2. The van der Waals surface area contributed by atoms with Crippen molar-refractivity contribution < 1.29 is 23.8 Å². The van der Waals surface area contributed by atoms with Gasteiger partial charge in [0.15, 0.2) is 11.5 Å². The van der Waals surface area contributed by atoms with Gasteiger partial charge in [-0.1, -0.05) is 42.5 Å². The van der Waals surface area contributed by atoms with Gasteiger partial charge in [-0.25, -0.2) is 9.59 Å². The average molecular weight is 468 g/mol. The van der Waals surface area contributed by atoms with Crippen molar-refractivity contribution in [1.82, 2.24) is 15.1 Å². The standard InChI is InChI=1S/C26H33N3O5/c1-6-29-20(17-28(3)16-18-12-9-8-10-13-18)22(25(30)34-7-2)23(27-26(29)31)19-14-11-15-21(32-4)24(19)33-5/h8-15,23H,6-7,16-17H2,1-5H3,(H,27,31). The maximum absolute atomic E-state index is 13.3. The summed E-state index contributed by atoms with van der Waals surface area (Å²) in [6.45, 7) is 5.31. The zero-order chi connectivity index (χ0) is 24.7. The number of urea groups is 1. The molecule has 1 atom stereocenters. The Morgan fingerprint density at radius 3 is 2.38 bits per heavy atom. The Balaban J connectivity index is 2.12. The normalized spacial score (nSPS) is 15.9. The first-order valence-corrected chi connectivity index (χ1v) is 11.4. The molecule has 0 bridgehead atoms. The van der Waals surface area contributed by atoms with Gasteiger partial charge in [0.1, 0.15) is 0 Å². The van der Waals surface area contributed by atoms with E-state index in [1.807, 2.05) is 50.4 Å². The Morgan fingerprint density at radius 2 is 1.76 bits per heavy atom. The van der Waals surface area contributed by atoms with Crippen LogP contribution in [0, 0.1) is 0 Å². The number of carbonyl (C=O) groups excluding carboxylic acids is 2. The number of hydrogen-bond acceptors (Lipinski definition) is 6. The lowest BCUT2D eigenvalue weighted by atomic mass is 9.93. The largest absolute Gasteiger partial charge is 0.493 e. The lowest BCUT2D eigenvalue weighted by Crippen LogP contribution is -2.50. The molecule has 1 aliphatic heterocycles. The molecule has 0 aromatic heterocycles. The number of amides is 2. The van der Waals surface area contributed by atoms with Gasteiger partial charge in [-0.2, -0.15) is 0 Å². The number of nitrogens with one attached hydrogen (secondary N) is 1. The Hall–Kier alpha value is -3.52. The second-order valence-electron chi connectivity index (χ2n) is 7.95. The highest BCUT2D eigenvalue weighted by Gasteiger charge is 2.39. The fraction of sp³-hybridized carbons (Fsp3) is 0.385. The summed E-state index contributed by atoms with van der Waals surface area (Å²) in [6.07, 6.45) is 0. The molecule has 8 heteroatoms. The topological polar surface area (TPSA) is 80.3 Å². The number of para-hydroxylation sites is 1. The van der Waals surface area contributed by atoms with Gasteiger partial charge in [0, 0.05) is 30.9 Å². The average Bonchev–Trinajstić information content (AvgIpc) is 2.83. The van der Waals surface area contributed by atoms with Gasteiger partial charge in [-0.15, -0.1) is 0 Å². The Morgan fingerprint density at radius 1 is 1.03 bits per heavy atom. The first-order chi connectivity index (χ1) is 16.4. The first-order valence-electron chi connectivity index (χ1n) is 11.4. The van der Waals surface area contributed by atoms with Crippen molar-refractivity contribution in [2.45, 2.75) is 26.4 Å². The molecule has 1 N–H and O–H groups in total. The number of nitrogens with zero attached hydrogens (tertiary/aromatic N) is 2. The van der Waals surface area contributed by atoms with Crippen LogP contribution in [0.1, 0.15) is 31.0 Å². The molecule has 0 saturated carbocycles. The third-order valence-corrected chi connectivity index (χ3v) is 5.71. The second kappa shape index (κ2) is 11.6. The van der Waals surface area contributed by atoms with E-state index in [0.717, 1.165) is 5.56 Å². The van der Waals surface area contributed by atoms with E-state index in [2.05, 4.69) is 10.2 Å². The molecule has 8 nitrogen and oxygen atoms in total. The van der Waals surface area contributed by atoms with Crippen molar-refractivity contribution >= 4 is 12.0 Å². The number of benzene rings is 2. The van der Waals surface area contributed by atoms with Crippen LogP contribution in [0.2, 0.25) is 0 Å². The minimum Gasteiger partial charge on any atom is -0.493 e. The highest BCUT2D eigenvalue weighted by molar-refractivity contribution is 5.95. The van der Waals surface area contributed by atoms with Gasteiger partial charge in [0.2, 0.25) is 0 Å². The van der Waals surface area contributed by atoms with Gasteiger partial charge in [-0.3, -0.25) is 9.80 Å². The van der Waals surface area contributed by atoms with Crippen LogP contribution in [0.15, 0.2) is 59.8 Å². The van der Waals surface area contributed by atoms with Crippen LogP contribution in [0.5, 0.6) is 11.5 Å². The van der Waals surface area contributed by atoms with Crippen molar-refractivity contribution in [3.05, 3.63) is 70.9 Å². The molecule has 1 unspecified atom stereocenters. The number of rotatable bonds is 10. The van der Waals surface area contributed by atoms with Crippen LogP contribution < -0.4 is 14.8 Å². The maximum atomic E-state index is 13.3. The molecule has 3 rings (SSSR count). The molecule has 1 aliphatic rings. The number of ether oxygens (including phenoxy) is 3. The molecule has 0 fully saturated rings. The summed E-state index contributed by atoms with van der Waals surface area (Å²) in [7, 11) is 5.04. The zero-order valence-electron chi connectivity index (χ0n) is 20.5. The maximum Gasteiger partial charge on any atom is 0.338 e. The summed E-state index contributed by atoms with van der Waals surface area (Å²) >= 11 is 0. The summed E-state index contributed by atoms with van der Waals surface area (Å²) in [6, 6.07) is 14.4. The highest BCUT2D eigenvalue weighted by Crippen LogP contribution is 2.40. The predicted molar refractivity (Wildman–Crippen MR) is 130 cm³/mol. The third kappa shape index (κ3) is 5.34. The molecule has 0 saturated heterocycles. The molecule has 0 radical (unpaired) electrons. The second-order valence-corrected chi connectivity index (χ2v) is 7.95. The Labute approximate surface area is 201 Å². The lowest BCUT2D eigenvalue weighted by Gasteiger charge is -2.38. The predicted octanol–water partition coefficient (Wildman–Crippen LogP) is 3.74. The van der Waals surface area contributed by atoms with Gasteiger partial charge in [-0.05, 0) is 32.5 Å². The molecule has 0 spiro atoms. The van der Waals surface area contributed by atoms with Gasteiger partial charge < -0.3 is 19.5 Å². The van der Waals surface area contributed by atoms with E-state index in [1.54, 1.807) is 31.1 Å². The number of hydrogen-bond donors (Lipinski definition) is 1. The molecule has 182 valence electrons. The van der Waals surface area contributed by atoms with E-state index in [1.165, 1.54) is 7.11 Å². The van der Waals surface area contributed by atoms with Crippen molar-refractivity contribution in [2.24, 2.45) is 0 Å². The molecular weight excluding hydrogens is 434 g/mol. The van der Waals surface area contributed by atoms with Crippen LogP contribution in [-0.4, -0.2) is 62.8 Å². The Bertz CT molecular complexity index is 1040. The first kappa shape index (κ1) is 25.1. The quantitative estimate of drug-likeness (QED) is 0.536. The lowest BCUT2D eigenvalue weighted by molar-refractivity contribution is -0.139. The monoisotopic (exact) mass is 467 g/mol. The fourth-order valence-corrected chi connectivity index (χ4v) is 4.24. The smallest absolute Gasteiger partial charge is 0.338 e. The summed E-state index contributed by atoms with van der Waals surface area (Å²) in [5.74, 6) is 0.496. The number of likely N-dealkylation sites (N-methyl/N-ethyl adjacent to an activating group) is 2. The van der Waals surface area contributed by atoms with Crippen molar-refractivity contribution in [1.29, 1.82) is 0 Å². The molecule has 2 aromatic rings. The highest BCUT2D eigenvalue weighted by atomic mass is 16.5. The Kier molecular flexibility index (Phi) is 8.54. The van der Waals surface area contributed by atoms with E-state index in [4.69, 9.17) is 14.2 Å². The molecule has 0 aliphatic carbocycles. The molecule has 2 amide bonds. The van der Waals surface area contributed by atoms with Crippen LogP contribution >= 0.6 is 0 Å². The van der Waals surface area contributed by atoms with Crippen molar-refractivity contribution in [3.8, 4) is 11.5 Å². The summed E-state index contributed by atoms with van der Waals surface area (Å²) in [5, 5.41) is 2.98. The SMILES string of the molecule is CCOC(=O)C1=C(CN(C)Cc2ccccc2)N(CC)C(=O)NC1c1cccc(OC)c1OC. The fourth-order valence-electron chi connectivity index (χ4n) is 4.24. The summed E-state index contributed by atoms with van der Waals surface area (Å²) in [5.41, 5.74) is 2.75. The molecular formula is C26H33N3O5. The van der Waals surface area contributed by atoms with Gasteiger partial charge in [0.25, 0.3) is 0 Å². The van der Waals surface area contributed by atoms with E-state index >= 15 is 0 Å². The van der Waals surface area contributed by atoms with Crippen molar-refractivity contribution in [2.75, 3.05) is 41.0 Å². The van der Waals surface area contributed by atoms with Crippen LogP contribution in [0.3, 0.4) is 0 Å². The van der Waals surface area contributed by atoms with E-state index in [9.17, 15) is 9.59 Å². The summed E-state index contributed by atoms with van der Waals surface area (Å²) < 4.78 is 16.5. The minimum absolute atomic E-state index is 0.220. The van der Waals surface area contributed by atoms with Crippen LogP contribution in [-0.2, 0) is 16.1 Å². The van der Waals surface area contributed by atoms with Gasteiger partial charge in [0.05, 0.1) is 32.4 Å². The van der Waals surface area contributed by atoms with Crippen molar-refractivity contribution in [3.63, 3.8) is 0 Å². The zero-order valence-corrected chi connectivity index (χ0v) is 20.5. The van der Waals surface area contributed by atoms with Gasteiger partial charge >= 0.3 is 12.0 Å². The molecule has 34 heavy (non-hydrogen) atoms. The number of esters is 1. The van der Waals surface area contributed by atoms with E-state index in [-0.39, 0.29) is 12.6 Å². The third-order valence-electron chi connectivity index (χ3n) is 5.71. The van der Waals surface area contributed by atoms with Crippen LogP contribution in [0.25, 0.3) is 0 Å². The molecule has 2 aromatic carbocycles. The molecule has 1 heterocycles. The number of methoxy groups -OCH3 is 2. The van der Waals surface area contributed by atoms with Crippen LogP contribution in [0.4, 0.5) is 4.79 Å². The minimum atomic E-state index is -0.750. The van der Waals surface area contributed by atoms with E-state index < -0.39 is 12.0 Å². The van der Waals surface area contributed by atoms with E-state index in [0.29, 0.717) is 48.0 Å².